The largest absolute Gasteiger partial charge is 0.395 e. The Morgan fingerprint density at radius 3 is 2.52 bits per heavy atom. The molecule has 2 fully saturated rings. The third kappa shape index (κ3) is 4.96. The van der Waals surface area contributed by atoms with Crippen LogP contribution in [0.4, 0.5) is 11.4 Å². The lowest BCUT2D eigenvalue weighted by Gasteiger charge is -2.36. The number of rotatable bonds is 9. The zero-order chi connectivity index (χ0) is 22.6. The Kier molecular flexibility index (Phi) is 6.46. The van der Waals surface area contributed by atoms with Gasteiger partial charge in [0.05, 0.1) is 17.8 Å². The van der Waals surface area contributed by atoms with E-state index in [1.807, 2.05) is 15.6 Å². The van der Waals surface area contributed by atoms with Crippen LogP contribution in [0.3, 0.4) is 0 Å². The number of carbonyl (C=O) groups excluding carboxylic acids is 1. The van der Waals surface area contributed by atoms with Gasteiger partial charge in [-0.1, -0.05) is 12.1 Å². The van der Waals surface area contributed by atoms with Crippen LogP contribution in [-0.2, 0) is 4.79 Å². The number of aromatic nitrogens is 2. The number of nitrogens with one attached hydrogen (secondary N) is 2. The summed E-state index contributed by atoms with van der Waals surface area (Å²) in [7, 11) is 0. The van der Waals surface area contributed by atoms with E-state index < -0.39 is 0 Å². The van der Waals surface area contributed by atoms with E-state index in [1.165, 1.54) is 5.69 Å². The van der Waals surface area contributed by atoms with Crippen LogP contribution in [-0.4, -0.2) is 77.9 Å². The summed E-state index contributed by atoms with van der Waals surface area (Å²) in [4.78, 5) is 16.8. The molecule has 2 aromatic heterocycles. The van der Waals surface area contributed by atoms with Crippen LogP contribution in [0.25, 0.3) is 16.6 Å². The average molecular weight is 449 g/mol. The second-order valence-electron chi connectivity index (χ2n) is 8.84. The smallest absolute Gasteiger partial charge is 0.225 e. The molecular formula is C25H32N6O2. The van der Waals surface area contributed by atoms with E-state index in [2.05, 4.69) is 63.2 Å². The second-order valence-corrected chi connectivity index (χ2v) is 8.84. The van der Waals surface area contributed by atoms with Crippen LogP contribution in [0, 0.1) is 5.92 Å². The summed E-state index contributed by atoms with van der Waals surface area (Å²) in [5.41, 5.74) is 5.62. The first-order valence-corrected chi connectivity index (χ1v) is 11.9. The molecule has 2 aliphatic rings. The van der Waals surface area contributed by atoms with Crippen molar-refractivity contribution in [1.82, 2.24) is 19.8 Å². The van der Waals surface area contributed by atoms with Crippen LogP contribution in [0.5, 0.6) is 0 Å². The fourth-order valence-electron chi connectivity index (χ4n) is 4.46. The van der Waals surface area contributed by atoms with Gasteiger partial charge < -0.3 is 25.5 Å². The van der Waals surface area contributed by atoms with Crippen molar-refractivity contribution in [2.45, 2.75) is 12.8 Å². The van der Waals surface area contributed by atoms with Crippen molar-refractivity contribution in [2.75, 3.05) is 62.6 Å². The minimum absolute atomic E-state index is 0.160. The highest BCUT2D eigenvalue weighted by Gasteiger charge is 2.34. The topological polar surface area (TPSA) is 85.1 Å². The monoisotopic (exact) mass is 448 g/mol. The Labute approximate surface area is 194 Å². The van der Waals surface area contributed by atoms with E-state index in [0.717, 1.165) is 74.4 Å². The van der Waals surface area contributed by atoms with Gasteiger partial charge >= 0.3 is 0 Å². The van der Waals surface area contributed by atoms with Crippen molar-refractivity contribution in [3.8, 4) is 11.1 Å². The molecule has 8 heteroatoms. The molecule has 3 aromatic rings. The standard InChI is InChI=1S/C25H32N6O2/c32-16-11-26-9-10-27-22-5-3-19(4-6-22)21-17-24-23(7-8-28-31(24)18-21)29-12-14-30(15-13-29)25(33)20-1-2-20/h3-8,17-18,20,26-27,32H,1-2,9-16H2. The molecule has 1 amide bonds. The number of benzene rings is 1. The number of aliphatic hydroxyl groups is 1. The van der Waals surface area contributed by atoms with Crippen molar-refractivity contribution in [2.24, 2.45) is 5.92 Å². The highest BCUT2D eigenvalue weighted by molar-refractivity contribution is 5.82. The van der Waals surface area contributed by atoms with Crippen LogP contribution >= 0.6 is 0 Å². The molecule has 0 bridgehead atoms. The minimum atomic E-state index is 0.160. The molecule has 33 heavy (non-hydrogen) atoms. The van der Waals surface area contributed by atoms with Gasteiger partial charge in [0.15, 0.2) is 0 Å². The fraction of sp³-hybridized carbons (Fsp3) is 0.440. The van der Waals surface area contributed by atoms with E-state index in [9.17, 15) is 4.79 Å². The summed E-state index contributed by atoms with van der Waals surface area (Å²) in [6.07, 6.45) is 6.06. The van der Waals surface area contributed by atoms with Crippen molar-refractivity contribution < 1.29 is 9.90 Å². The third-order valence-corrected chi connectivity index (χ3v) is 6.48. The van der Waals surface area contributed by atoms with E-state index in [4.69, 9.17) is 5.11 Å². The maximum Gasteiger partial charge on any atom is 0.225 e. The van der Waals surface area contributed by atoms with E-state index in [0.29, 0.717) is 18.4 Å². The number of aliphatic hydroxyl groups excluding tert-OH is 1. The first-order valence-electron chi connectivity index (χ1n) is 11.9. The number of amides is 1. The number of fused-ring (bicyclic) bond motifs is 1. The second kappa shape index (κ2) is 9.80. The normalized spacial score (nSPS) is 16.4. The molecule has 1 aromatic carbocycles. The van der Waals surface area contributed by atoms with E-state index in [1.54, 1.807) is 0 Å². The van der Waals surface area contributed by atoms with E-state index >= 15 is 0 Å². The van der Waals surface area contributed by atoms with Gasteiger partial charge in [0.2, 0.25) is 5.91 Å². The lowest BCUT2D eigenvalue weighted by Crippen LogP contribution is -2.49. The van der Waals surface area contributed by atoms with Crippen molar-refractivity contribution >= 4 is 22.8 Å². The number of carbonyl (C=O) groups is 1. The first kappa shape index (κ1) is 21.7. The number of hydrogen-bond acceptors (Lipinski definition) is 6. The highest BCUT2D eigenvalue weighted by atomic mass is 16.3. The fourth-order valence-corrected chi connectivity index (χ4v) is 4.46. The minimum Gasteiger partial charge on any atom is -0.395 e. The van der Waals surface area contributed by atoms with Crippen molar-refractivity contribution in [3.05, 3.63) is 48.8 Å². The summed E-state index contributed by atoms with van der Waals surface area (Å²) in [5, 5.41) is 19.9. The number of nitrogens with zero attached hydrogens (tertiary/aromatic N) is 4. The van der Waals surface area contributed by atoms with Gasteiger partial charge in [-0.3, -0.25) is 4.79 Å². The molecule has 3 heterocycles. The predicted octanol–water partition coefficient (Wildman–Crippen LogP) is 2.05. The maximum absolute atomic E-state index is 12.4. The first-order chi connectivity index (χ1) is 16.2. The molecule has 5 rings (SSSR count). The molecule has 8 nitrogen and oxygen atoms in total. The van der Waals surface area contributed by atoms with Crippen LogP contribution in [0.1, 0.15) is 12.8 Å². The lowest BCUT2D eigenvalue weighted by atomic mass is 10.1. The zero-order valence-corrected chi connectivity index (χ0v) is 18.9. The maximum atomic E-state index is 12.4. The number of anilines is 2. The van der Waals surface area contributed by atoms with Crippen molar-refractivity contribution in [3.63, 3.8) is 0 Å². The predicted molar refractivity (Wildman–Crippen MR) is 131 cm³/mol. The van der Waals surface area contributed by atoms with Crippen molar-refractivity contribution in [1.29, 1.82) is 0 Å². The summed E-state index contributed by atoms with van der Waals surface area (Å²) in [6, 6.07) is 12.7. The van der Waals surface area contributed by atoms with Gasteiger partial charge in [0.1, 0.15) is 0 Å². The SMILES string of the molecule is O=C(C1CC1)N1CCN(c2ccnn3cc(-c4ccc(NCCNCCO)cc4)cc23)CC1. The molecular weight excluding hydrogens is 416 g/mol. The Morgan fingerprint density at radius 1 is 1.00 bits per heavy atom. The Morgan fingerprint density at radius 2 is 1.79 bits per heavy atom. The quantitative estimate of drug-likeness (QED) is 0.435. The molecule has 1 saturated heterocycles. The summed E-state index contributed by atoms with van der Waals surface area (Å²) in [6.45, 7) is 5.69. The molecule has 0 radical (unpaired) electrons. The lowest BCUT2D eigenvalue weighted by molar-refractivity contribution is -0.132. The average Bonchev–Trinajstić information content (AvgIpc) is 3.62. The van der Waals surface area contributed by atoms with Gasteiger partial charge in [0, 0.05) is 75.4 Å². The summed E-state index contributed by atoms with van der Waals surface area (Å²) in [5.74, 6) is 0.640. The number of piperazine rings is 1. The van der Waals surface area contributed by atoms with E-state index in [-0.39, 0.29) is 6.61 Å². The Bertz CT molecular complexity index is 1080. The molecule has 174 valence electrons. The van der Waals surface area contributed by atoms with Gasteiger partial charge in [-0.25, -0.2) is 4.52 Å². The van der Waals surface area contributed by atoms with Gasteiger partial charge in [-0.2, -0.15) is 5.10 Å². The summed E-state index contributed by atoms with van der Waals surface area (Å²) >= 11 is 0. The Balaban J connectivity index is 1.25. The number of hydrogen-bond donors (Lipinski definition) is 3. The van der Waals surface area contributed by atoms with Gasteiger partial charge in [0.25, 0.3) is 0 Å². The molecule has 1 aliphatic heterocycles. The summed E-state index contributed by atoms with van der Waals surface area (Å²) < 4.78 is 1.95. The molecule has 0 unspecified atom stereocenters. The molecule has 0 spiro atoms. The van der Waals surface area contributed by atoms with Crippen LogP contribution < -0.4 is 15.5 Å². The van der Waals surface area contributed by atoms with Crippen LogP contribution in [0.15, 0.2) is 48.8 Å². The van der Waals surface area contributed by atoms with Gasteiger partial charge in [-0.05, 0) is 42.7 Å². The molecule has 0 atom stereocenters. The third-order valence-electron chi connectivity index (χ3n) is 6.48. The Hall–Kier alpha value is -3.10. The zero-order valence-electron chi connectivity index (χ0n) is 18.9. The van der Waals surface area contributed by atoms with Gasteiger partial charge in [-0.15, -0.1) is 0 Å². The van der Waals surface area contributed by atoms with Crippen LogP contribution in [0.2, 0.25) is 0 Å². The molecule has 1 saturated carbocycles. The highest BCUT2D eigenvalue weighted by Crippen LogP contribution is 2.32. The molecule has 3 N–H and O–H groups in total. The molecule has 1 aliphatic carbocycles.